The lowest BCUT2D eigenvalue weighted by atomic mass is 10.2. The van der Waals surface area contributed by atoms with Crippen molar-refractivity contribution in [1.29, 1.82) is 0 Å². The molecule has 3 nitrogen and oxygen atoms in total. The fourth-order valence-corrected chi connectivity index (χ4v) is 1.61. The first-order valence-corrected chi connectivity index (χ1v) is 4.07. The molecule has 1 aliphatic heterocycles. The van der Waals surface area contributed by atoms with E-state index >= 15 is 0 Å². The quantitative estimate of drug-likeness (QED) is 0.499. The van der Waals surface area contributed by atoms with Crippen molar-refractivity contribution in [2.24, 2.45) is 0 Å². The summed E-state index contributed by atoms with van der Waals surface area (Å²) >= 11 is 0. The molecule has 0 radical (unpaired) electrons. The maximum Gasteiger partial charge on any atom is 0.219 e. The van der Waals surface area contributed by atoms with E-state index in [0.717, 1.165) is 19.6 Å². The maximum absolute atomic E-state index is 11.0. The van der Waals surface area contributed by atoms with E-state index in [1.54, 1.807) is 6.92 Å². The first kappa shape index (κ1) is 8.53. The molecule has 64 valence electrons. The third kappa shape index (κ3) is 1.93. The fourth-order valence-electron chi connectivity index (χ4n) is 1.61. The first-order chi connectivity index (χ1) is 5.11. The van der Waals surface area contributed by atoms with Gasteiger partial charge in [0.1, 0.15) is 0 Å². The van der Waals surface area contributed by atoms with Crippen molar-refractivity contribution in [1.82, 2.24) is 9.80 Å². The predicted octanol–water partition coefficient (Wildman–Crippen LogP) is 0.169. The van der Waals surface area contributed by atoms with Crippen molar-refractivity contribution in [2.75, 3.05) is 26.7 Å². The Bertz CT molecular complexity index is 158. The normalized spacial score (nSPS) is 27.2. The zero-order valence-electron chi connectivity index (χ0n) is 7.50. The fraction of sp³-hybridized carbons (Fsp3) is 0.875. The Hall–Kier alpha value is -0.570. The average Bonchev–Trinajstić information content (AvgIpc) is 1.85. The number of hydrogen-bond acceptors (Lipinski definition) is 2. The molecule has 0 N–H and O–H groups in total. The van der Waals surface area contributed by atoms with Crippen LogP contribution in [0.3, 0.4) is 0 Å². The van der Waals surface area contributed by atoms with E-state index in [0.29, 0.717) is 6.04 Å². The Morgan fingerprint density at radius 3 is 2.55 bits per heavy atom. The minimum Gasteiger partial charge on any atom is -0.338 e. The number of piperazine rings is 1. The highest BCUT2D eigenvalue weighted by atomic mass is 16.2. The summed E-state index contributed by atoms with van der Waals surface area (Å²) < 4.78 is 0. The predicted molar refractivity (Wildman–Crippen MR) is 44.3 cm³/mol. The molecule has 0 aliphatic carbocycles. The zero-order chi connectivity index (χ0) is 8.43. The Balaban J connectivity index is 2.50. The molecular formula is C8H16N2O. The molecule has 0 spiro atoms. The number of nitrogens with zero attached hydrogens (tertiary/aromatic N) is 2. The van der Waals surface area contributed by atoms with E-state index < -0.39 is 0 Å². The topological polar surface area (TPSA) is 23.6 Å². The van der Waals surface area contributed by atoms with E-state index in [9.17, 15) is 4.79 Å². The lowest BCUT2D eigenvalue weighted by Gasteiger charge is -2.37. The SMILES string of the molecule is CC(=O)N1CCN(C)CC1C. The summed E-state index contributed by atoms with van der Waals surface area (Å²) in [5, 5.41) is 0. The highest BCUT2D eigenvalue weighted by Crippen LogP contribution is 2.06. The van der Waals surface area contributed by atoms with Crippen molar-refractivity contribution in [3.8, 4) is 0 Å². The summed E-state index contributed by atoms with van der Waals surface area (Å²) in [5.74, 6) is 0.200. The number of likely N-dealkylation sites (N-methyl/N-ethyl adjacent to an activating group) is 1. The van der Waals surface area contributed by atoms with Gasteiger partial charge in [0.25, 0.3) is 0 Å². The Morgan fingerprint density at radius 1 is 1.45 bits per heavy atom. The van der Waals surface area contributed by atoms with Crippen LogP contribution in [0.15, 0.2) is 0 Å². The minimum atomic E-state index is 0.200. The summed E-state index contributed by atoms with van der Waals surface area (Å²) in [6.07, 6.45) is 0. The van der Waals surface area contributed by atoms with Gasteiger partial charge in [0.2, 0.25) is 5.91 Å². The summed E-state index contributed by atoms with van der Waals surface area (Å²) in [5.41, 5.74) is 0. The molecule has 11 heavy (non-hydrogen) atoms. The van der Waals surface area contributed by atoms with Crippen LogP contribution in [0.1, 0.15) is 13.8 Å². The van der Waals surface area contributed by atoms with Gasteiger partial charge < -0.3 is 9.80 Å². The van der Waals surface area contributed by atoms with E-state index in [1.807, 2.05) is 4.90 Å². The molecule has 0 aromatic rings. The van der Waals surface area contributed by atoms with Gasteiger partial charge >= 0.3 is 0 Å². The second-order valence-corrected chi connectivity index (χ2v) is 3.32. The number of carbonyl (C=O) groups excluding carboxylic acids is 1. The maximum atomic E-state index is 11.0. The molecule has 0 aromatic heterocycles. The van der Waals surface area contributed by atoms with E-state index in [-0.39, 0.29) is 5.91 Å². The van der Waals surface area contributed by atoms with E-state index in [1.165, 1.54) is 0 Å². The molecule has 0 saturated carbocycles. The van der Waals surface area contributed by atoms with Crippen LogP contribution in [0.4, 0.5) is 0 Å². The number of rotatable bonds is 0. The van der Waals surface area contributed by atoms with Crippen LogP contribution in [0.2, 0.25) is 0 Å². The van der Waals surface area contributed by atoms with Crippen LogP contribution in [-0.4, -0.2) is 48.4 Å². The zero-order valence-corrected chi connectivity index (χ0v) is 7.50. The third-order valence-corrected chi connectivity index (χ3v) is 2.24. The van der Waals surface area contributed by atoms with Crippen LogP contribution in [-0.2, 0) is 4.79 Å². The lowest BCUT2D eigenvalue weighted by molar-refractivity contribution is -0.132. The summed E-state index contributed by atoms with van der Waals surface area (Å²) in [6, 6.07) is 0.381. The average molecular weight is 156 g/mol. The second-order valence-electron chi connectivity index (χ2n) is 3.32. The second kappa shape index (κ2) is 3.22. The molecule has 1 fully saturated rings. The summed E-state index contributed by atoms with van der Waals surface area (Å²) in [7, 11) is 2.09. The molecule has 1 rings (SSSR count). The van der Waals surface area contributed by atoms with Crippen LogP contribution < -0.4 is 0 Å². The summed E-state index contributed by atoms with van der Waals surface area (Å²) in [6.45, 7) is 6.62. The van der Waals surface area contributed by atoms with Gasteiger partial charge in [0.05, 0.1) is 0 Å². The molecule has 1 unspecified atom stereocenters. The van der Waals surface area contributed by atoms with Gasteiger partial charge in [0.15, 0.2) is 0 Å². The van der Waals surface area contributed by atoms with Gasteiger partial charge in [-0.25, -0.2) is 0 Å². The van der Waals surface area contributed by atoms with Gasteiger partial charge in [0, 0.05) is 32.6 Å². The third-order valence-electron chi connectivity index (χ3n) is 2.24. The smallest absolute Gasteiger partial charge is 0.219 e. The summed E-state index contributed by atoms with van der Waals surface area (Å²) in [4.78, 5) is 15.2. The monoisotopic (exact) mass is 156 g/mol. The van der Waals surface area contributed by atoms with E-state index in [2.05, 4.69) is 18.9 Å². The van der Waals surface area contributed by atoms with Gasteiger partial charge in [-0.1, -0.05) is 0 Å². The van der Waals surface area contributed by atoms with E-state index in [4.69, 9.17) is 0 Å². The van der Waals surface area contributed by atoms with Crippen molar-refractivity contribution < 1.29 is 4.79 Å². The number of amides is 1. The molecule has 1 aliphatic rings. The molecule has 1 atom stereocenters. The van der Waals surface area contributed by atoms with Crippen LogP contribution in [0.5, 0.6) is 0 Å². The van der Waals surface area contributed by atoms with Crippen molar-refractivity contribution in [3.05, 3.63) is 0 Å². The highest BCUT2D eigenvalue weighted by molar-refractivity contribution is 5.73. The van der Waals surface area contributed by atoms with Crippen LogP contribution in [0.25, 0.3) is 0 Å². The molecule has 1 amide bonds. The van der Waals surface area contributed by atoms with Crippen LogP contribution >= 0.6 is 0 Å². The standard InChI is InChI=1S/C8H16N2O/c1-7-6-9(3)4-5-10(7)8(2)11/h7H,4-6H2,1-3H3. The number of carbonyl (C=O) groups is 1. The highest BCUT2D eigenvalue weighted by Gasteiger charge is 2.22. The van der Waals surface area contributed by atoms with Crippen molar-refractivity contribution >= 4 is 5.91 Å². The molecule has 0 aromatic carbocycles. The minimum absolute atomic E-state index is 0.200. The van der Waals surface area contributed by atoms with Gasteiger partial charge in [-0.15, -0.1) is 0 Å². The van der Waals surface area contributed by atoms with Gasteiger partial charge in [-0.3, -0.25) is 4.79 Å². The largest absolute Gasteiger partial charge is 0.338 e. The molecule has 1 heterocycles. The van der Waals surface area contributed by atoms with Crippen LogP contribution in [0, 0.1) is 0 Å². The Kier molecular flexibility index (Phi) is 2.49. The van der Waals surface area contributed by atoms with Gasteiger partial charge in [-0.05, 0) is 14.0 Å². The number of hydrogen-bond donors (Lipinski definition) is 0. The molecule has 1 saturated heterocycles. The van der Waals surface area contributed by atoms with Gasteiger partial charge in [-0.2, -0.15) is 0 Å². The molecular weight excluding hydrogens is 140 g/mol. The molecule has 3 heteroatoms. The Labute approximate surface area is 68.0 Å². The van der Waals surface area contributed by atoms with Crippen molar-refractivity contribution in [3.63, 3.8) is 0 Å². The van der Waals surface area contributed by atoms with Crippen molar-refractivity contribution in [2.45, 2.75) is 19.9 Å². The lowest BCUT2D eigenvalue weighted by Crippen LogP contribution is -2.52. The Morgan fingerprint density at radius 2 is 2.09 bits per heavy atom. The molecule has 0 bridgehead atoms. The first-order valence-electron chi connectivity index (χ1n) is 4.07.